The molecule has 2 heterocycles. The van der Waals surface area contributed by atoms with Crippen LogP contribution in [0.25, 0.3) is 10.9 Å². The topological polar surface area (TPSA) is 45.3 Å². The van der Waals surface area contributed by atoms with E-state index in [-0.39, 0.29) is 5.91 Å². The van der Waals surface area contributed by atoms with Crippen molar-refractivity contribution < 1.29 is 9.63 Å². The number of aromatic nitrogens is 1. The molecule has 1 saturated heterocycles. The molecule has 2 aromatic rings. The smallest absolute Gasteiger partial charge is 0.250 e. The number of carbonyl (C=O) groups excluding carboxylic acids is 1. The number of aromatic amines is 1. The Labute approximate surface area is 99.1 Å². The summed E-state index contributed by atoms with van der Waals surface area (Å²) in [5.41, 5.74) is 2.10. The van der Waals surface area contributed by atoms with Gasteiger partial charge in [-0.3, -0.25) is 9.63 Å². The molecule has 4 heteroatoms. The van der Waals surface area contributed by atoms with Gasteiger partial charge in [-0.05, 0) is 18.1 Å². The lowest BCUT2D eigenvalue weighted by Crippen LogP contribution is -2.27. The van der Waals surface area contributed by atoms with E-state index in [4.69, 9.17) is 4.84 Å². The van der Waals surface area contributed by atoms with Gasteiger partial charge < -0.3 is 4.98 Å². The molecule has 0 saturated carbocycles. The van der Waals surface area contributed by atoms with E-state index in [0.717, 1.165) is 22.9 Å². The lowest BCUT2D eigenvalue weighted by atomic mass is 10.1. The van der Waals surface area contributed by atoms with Gasteiger partial charge in [0, 0.05) is 17.1 Å². The number of benzene rings is 1. The van der Waals surface area contributed by atoms with E-state index < -0.39 is 0 Å². The SMILES string of the molecule is O=C(Cc1c[nH]c2ccccc12)N1CCCO1. The van der Waals surface area contributed by atoms with Crippen molar-refractivity contribution in [2.75, 3.05) is 13.2 Å². The molecule has 4 nitrogen and oxygen atoms in total. The van der Waals surface area contributed by atoms with Gasteiger partial charge in [0.05, 0.1) is 19.6 Å². The second-order valence-electron chi connectivity index (χ2n) is 4.22. The van der Waals surface area contributed by atoms with Crippen LogP contribution in [0.1, 0.15) is 12.0 Å². The third-order valence-corrected chi connectivity index (χ3v) is 3.05. The number of hydrogen-bond acceptors (Lipinski definition) is 2. The van der Waals surface area contributed by atoms with Gasteiger partial charge in [-0.2, -0.15) is 0 Å². The molecule has 0 aliphatic carbocycles. The number of rotatable bonds is 2. The zero-order valence-corrected chi connectivity index (χ0v) is 9.48. The van der Waals surface area contributed by atoms with E-state index in [1.165, 1.54) is 5.06 Å². The number of nitrogens with zero attached hydrogens (tertiary/aromatic N) is 1. The summed E-state index contributed by atoms with van der Waals surface area (Å²) in [6.45, 7) is 1.36. The van der Waals surface area contributed by atoms with Gasteiger partial charge in [-0.25, -0.2) is 5.06 Å². The largest absolute Gasteiger partial charge is 0.361 e. The Hall–Kier alpha value is -1.81. The van der Waals surface area contributed by atoms with Gasteiger partial charge in [0.25, 0.3) is 5.91 Å². The van der Waals surface area contributed by atoms with Crippen LogP contribution in [0.15, 0.2) is 30.5 Å². The van der Waals surface area contributed by atoms with Crippen molar-refractivity contribution in [1.82, 2.24) is 10.0 Å². The lowest BCUT2D eigenvalue weighted by Gasteiger charge is -2.13. The van der Waals surface area contributed by atoms with Crippen LogP contribution in [-0.4, -0.2) is 29.1 Å². The van der Waals surface area contributed by atoms with Crippen molar-refractivity contribution in [3.63, 3.8) is 0 Å². The van der Waals surface area contributed by atoms with Crippen LogP contribution in [0.4, 0.5) is 0 Å². The quantitative estimate of drug-likeness (QED) is 0.856. The highest BCUT2D eigenvalue weighted by atomic mass is 16.7. The summed E-state index contributed by atoms with van der Waals surface area (Å²) < 4.78 is 0. The van der Waals surface area contributed by atoms with Crippen LogP contribution < -0.4 is 0 Å². The molecule has 0 spiro atoms. The highest BCUT2D eigenvalue weighted by Crippen LogP contribution is 2.19. The number of hydroxylamine groups is 2. The summed E-state index contributed by atoms with van der Waals surface area (Å²) in [7, 11) is 0. The van der Waals surface area contributed by atoms with Crippen molar-refractivity contribution in [3.05, 3.63) is 36.0 Å². The third kappa shape index (κ3) is 1.91. The average molecular weight is 230 g/mol. The first-order chi connectivity index (χ1) is 8.34. The first kappa shape index (κ1) is 10.4. The molecule has 0 bridgehead atoms. The molecule has 1 aromatic heterocycles. The molecular weight excluding hydrogens is 216 g/mol. The van der Waals surface area contributed by atoms with Crippen LogP contribution in [0.2, 0.25) is 0 Å². The van der Waals surface area contributed by atoms with Gasteiger partial charge in [-0.15, -0.1) is 0 Å². The Balaban J connectivity index is 1.82. The number of nitrogens with one attached hydrogen (secondary N) is 1. The van der Waals surface area contributed by atoms with Crippen molar-refractivity contribution >= 4 is 16.8 Å². The lowest BCUT2D eigenvalue weighted by molar-refractivity contribution is -0.167. The van der Waals surface area contributed by atoms with Gasteiger partial charge in [0.1, 0.15) is 0 Å². The van der Waals surface area contributed by atoms with E-state index in [1.807, 2.05) is 30.5 Å². The molecular formula is C13H14N2O2. The second kappa shape index (κ2) is 4.22. The molecule has 3 rings (SSSR count). The fourth-order valence-corrected chi connectivity index (χ4v) is 2.17. The van der Waals surface area contributed by atoms with E-state index in [2.05, 4.69) is 4.98 Å². The third-order valence-electron chi connectivity index (χ3n) is 3.05. The summed E-state index contributed by atoms with van der Waals surface area (Å²) in [6.07, 6.45) is 3.22. The van der Waals surface area contributed by atoms with E-state index in [0.29, 0.717) is 19.6 Å². The Kier molecular flexibility index (Phi) is 2.57. The maximum Gasteiger partial charge on any atom is 0.250 e. The van der Waals surface area contributed by atoms with Crippen LogP contribution >= 0.6 is 0 Å². The average Bonchev–Trinajstić information content (AvgIpc) is 2.98. The van der Waals surface area contributed by atoms with Crippen LogP contribution in [-0.2, 0) is 16.1 Å². The highest BCUT2D eigenvalue weighted by Gasteiger charge is 2.20. The Bertz CT molecular complexity index is 541. The maximum absolute atomic E-state index is 11.9. The molecule has 0 unspecified atom stereocenters. The number of para-hydroxylation sites is 1. The fraction of sp³-hybridized carbons (Fsp3) is 0.308. The van der Waals surface area contributed by atoms with Gasteiger partial charge >= 0.3 is 0 Å². The fourth-order valence-electron chi connectivity index (χ4n) is 2.17. The minimum atomic E-state index is 0.0345. The van der Waals surface area contributed by atoms with Gasteiger partial charge in [0.15, 0.2) is 0 Å². The summed E-state index contributed by atoms with van der Waals surface area (Å²) in [4.78, 5) is 20.4. The molecule has 1 aliphatic heterocycles. The minimum absolute atomic E-state index is 0.0345. The predicted molar refractivity (Wildman–Crippen MR) is 64.3 cm³/mol. The Morgan fingerprint density at radius 1 is 1.41 bits per heavy atom. The zero-order valence-electron chi connectivity index (χ0n) is 9.48. The molecule has 1 aromatic carbocycles. The van der Waals surface area contributed by atoms with Gasteiger partial charge in [-0.1, -0.05) is 18.2 Å². The van der Waals surface area contributed by atoms with E-state index in [9.17, 15) is 4.79 Å². The molecule has 1 N–H and O–H groups in total. The molecule has 0 radical (unpaired) electrons. The summed E-state index contributed by atoms with van der Waals surface area (Å²) in [5, 5.41) is 2.59. The van der Waals surface area contributed by atoms with Crippen LogP contribution in [0, 0.1) is 0 Å². The Morgan fingerprint density at radius 2 is 2.29 bits per heavy atom. The molecule has 1 fully saturated rings. The zero-order chi connectivity index (χ0) is 11.7. The minimum Gasteiger partial charge on any atom is -0.361 e. The second-order valence-corrected chi connectivity index (χ2v) is 4.22. The number of H-pyrrole nitrogens is 1. The Morgan fingerprint density at radius 3 is 3.12 bits per heavy atom. The highest BCUT2D eigenvalue weighted by molar-refractivity contribution is 5.88. The monoisotopic (exact) mass is 230 g/mol. The first-order valence-electron chi connectivity index (χ1n) is 5.83. The predicted octanol–water partition coefficient (Wildman–Crippen LogP) is 1.87. The first-order valence-corrected chi connectivity index (χ1v) is 5.83. The van der Waals surface area contributed by atoms with Crippen molar-refractivity contribution in [2.45, 2.75) is 12.8 Å². The van der Waals surface area contributed by atoms with E-state index in [1.54, 1.807) is 0 Å². The summed E-state index contributed by atoms with van der Waals surface area (Å²) in [5.74, 6) is 0.0345. The van der Waals surface area contributed by atoms with Gasteiger partial charge in [0.2, 0.25) is 0 Å². The van der Waals surface area contributed by atoms with Crippen molar-refractivity contribution in [2.24, 2.45) is 0 Å². The number of fused-ring (bicyclic) bond motifs is 1. The molecule has 1 aliphatic rings. The molecule has 17 heavy (non-hydrogen) atoms. The van der Waals surface area contributed by atoms with Crippen LogP contribution in [0.3, 0.4) is 0 Å². The number of hydrogen-bond donors (Lipinski definition) is 1. The molecule has 1 amide bonds. The normalized spacial score (nSPS) is 15.6. The summed E-state index contributed by atoms with van der Waals surface area (Å²) >= 11 is 0. The maximum atomic E-state index is 11.9. The molecule has 0 atom stereocenters. The standard InChI is InChI=1S/C13H14N2O2/c16-13(15-6-3-7-17-15)8-10-9-14-12-5-2-1-4-11(10)12/h1-2,4-5,9,14H,3,6-8H2. The number of carbonyl (C=O) groups is 1. The summed E-state index contributed by atoms with van der Waals surface area (Å²) in [6, 6.07) is 8.00. The van der Waals surface area contributed by atoms with E-state index >= 15 is 0 Å². The molecule has 88 valence electrons. The van der Waals surface area contributed by atoms with Crippen LogP contribution in [0.5, 0.6) is 0 Å². The number of amides is 1. The van der Waals surface area contributed by atoms with Crippen molar-refractivity contribution in [3.8, 4) is 0 Å². The van der Waals surface area contributed by atoms with Crippen molar-refractivity contribution in [1.29, 1.82) is 0 Å².